The van der Waals surface area contributed by atoms with E-state index in [1.807, 2.05) is 0 Å². The molecule has 13 heavy (non-hydrogen) atoms. The van der Waals surface area contributed by atoms with Crippen LogP contribution in [0.1, 0.15) is 32.1 Å². The number of hydrogen-bond donors (Lipinski definition) is 0. The molecule has 0 N–H and O–H groups in total. The number of terminal acetylenes is 1. The molecule has 1 unspecified atom stereocenters. The highest BCUT2D eigenvalue weighted by atomic mass is 127. The lowest BCUT2D eigenvalue weighted by atomic mass is 9.81. The van der Waals surface area contributed by atoms with E-state index in [1.165, 1.54) is 32.1 Å². The van der Waals surface area contributed by atoms with E-state index in [0.717, 1.165) is 12.5 Å². The summed E-state index contributed by atoms with van der Waals surface area (Å²) >= 11 is 2.27. The van der Waals surface area contributed by atoms with Crippen LogP contribution in [-0.2, 0) is 4.52 Å². The van der Waals surface area contributed by atoms with Crippen molar-refractivity contribution in [3.05, 3.63) is 0 Å². The molecule has 0 aromatic carbocycles. The fraction of sp³-hybridized carbons (Fsp3) is 0.800. The van der Waals surface area contributed by atoms with Gasteiger partial charge in [-0.3, -0.25) is 0 Å². The molecule has 1 aliphatic rings. The summed E-state index contributed by atoms with van der Waals surface area (Å²) in [6.45, 7) is 1.55. The minimum Gasteiger partial charge on any atom is -0.352 e. The van der Waals surface area contributed by atoms with Gasteiger partial charge in [0.15, 0.2) is 0 Å². The first kappa shape index (κ1) is 11.8. The molecule has 0 bridgehead atoms. The second-order valence-electron chi connectivity index (χ2n) is 3.60. The summed E-state index contributed by atoms with van der Waals surface area (Å²) in [6, 6.07) is 0. The van der Waals surface area contributed by atoms with Crippen molar-refractivity contribution in [2.24, 2.45) is 11.8 Å². The Bertz CT molecular complexity index is 170. The van der Waals surface area contributed by atoms with Crippen LogP contribution in [-0.4, -0.2) is 6.61 Å². The van der Waals surface area contributed by atoms with Gasteiger partial charge in [-0.1, -0.05) is 0 Å². The summed E-state index contributed by atoms with van der Waals surface area (Å²) in [6.07, 6.45) is 11.7. The predicted octanol–water partition coefficient (Wildman–Crippen LogP) is 3.78. The zero-order valence-corrected chi connectivity index (χ0v) is 10.9. The Morgan fingerprint density at radius 3 is 2.62 bits per heavy atom. The summed E-state index contributed by atoms with van der Waals surface area (Å²) in [7, 11) is 0. The first-order chi connectivity index (χ1) is 6.36. The zero-order valence-electron chi connectivity index (χ0n) is 7.76. The van der Waals surface area contributed by atoms with Crippen molar-refractivity contribution in [3.8, 4) is 12.3 Å². The van der Waals surface area contributed by atoms with Gasteiger partial charge >= 0.3 is 0 Å². The highest BCUT2D eigenvalue weighted by molar-refractivity contribution is 14.2. The van der Waals surface area contributed by atoms with Gasteiger partial charge in [-0.05, 0) is 60.1 Å². The summed E-state index contributed by atoms with van der Waals surface area (Å²) in [5.74, 6) is 4.29. The SMILES string of the molecule is C#CC1CCC(CCOPI)CC1. The fourth-order valence-corrected chi connectivity index (χ4v) is 2.74. The minimum absolute atomic E-state index is 0.559. The van der Waals surface area contributed by atoms with Gasteiger partial charge in [0.2, 0.25) is 0 Å². The monoisotopic (exact) mass is 310 g/mol. The van der Waals surface area contributed by atoms with Crippen LogP contribution in [0.5, 0.6) is 0 Å². The van der Waals surface area contributed by atoms with Crippen molar-refractivity contribution in [1.29, 1.82) is 0 Å². The van der Waals surface area contributed by atoms with Crippen LogP contribution in [0.3, 0.4) is 0 Å². The van der Waals surface area contributed by atoms with Crippen LogP contribution in [0.4, 0.5) is 0 Å². The lowest BCUT2D eigenvalue weighted by Crippen LogP contribution is -2.14. The largest absolute Gasteiger partial charge is 0.352 e. The van der Waals surface area contributed by atoms with E-state index in [1.54, 1.807) is 0 Å². The molecule has 0 aliphatic heterocycles. The van der Waals surface area contributed by atoms with Crippen molar-refractivity contribution in [1.82, 2.24) is 0 Å². The second-order valence-corrected chi connectivity index (χ2v) is 5.36. The van der Waals surface area contributed by atoms with Crippen LogP contribution in [0.25, 0.3) is 0 Å². The van der Waals surface area contributed by atoms with Crippen molar-refractivity contribution < 1.29 is 4.52 Å². The first-order valence-electron chi connectivity index (χ1n) is 4.80. The molecule has 3 heteroatoms. The van der Waals surface area contributed by atoms with Crippen molar-refractivity contribution in [2.45, 2.75) is 32.1 Å². The molecule has 74 valence electrons. The summed E-state index contributed by atoms with van der Waals surface area (Å²) in [5, 5.41) is 0. The third-order valence-corrected chi connectivity index (χ3v) is 4.01. The normalized spacial score (nSPS) is 29.2. The van der Waals surface area contributed by atoms with Crippen LogP contribution in [0, 0.1) is 24.2 Å². The third kappa shape index (κ3) is 4.63. The number of hydrogen-bond acceptors (Lipinski definition) is 1. The Balaban J connectivity index is 2.08. The van der Waals surface area contributed by atoms with Gasteiger partial charge in [-0.25, -0.2) is 0 Å². The lowest BCUT2D eigenvalue weighted by molar-refractivity contribution is 0.251. The Kier molecular flexibility index (Phi) is 6.36. The van der Waals surface area contributed by atoms with Gasteiger partial charge in [0.25, 0.3) is 0 Å². The standard InChI is InChI=1S/C10H16IOP/c1-2-9-3-5-10(6-4-9)7-8-12-13-11/h1,9-10,13H,3-8H2. The van der Waals surface area contributed by atoms with Gasteiger partial charge < -0.3 is 4.52 Å². The molecule has 0 heterocycles. The van der Waals surface area contributed by atoms with E-state index in [0.29, 0.717) is 12.4 Å². The molecule has 0 saturated heterocycles. The predicted molar refractivity (Wildman–Crippen MR) is 67.2 cm³/mol. The van der Waals surface area contributed by atoms with Crippen LogP contribution < -0.4 is 0 Å². The molecule has 0 spiro atoms. The molecule has 0 radical (unpaired) electrons. The average Bonchev–Trinajstić information content (AvgIpc) is 2.19. The van der Waals surface area contributed by atoms with Gasteiger partial charge in [-0.2, -0.15) is 0 Å². The Labute approximate surface area is 95.7 Å². The molecule has 1 fully saturated rings. The van der Waals surface area contributed by atoms with Gasteiger partial charge in [0, 0.05) is 5.92 Å². The van der Waals surface area contributed by atoms with E-state index in [9.17, 15) is 0 Å². The van der Waals surface area contributed by atoms with Crippen molar-refractivity contribution in [2.75, 3.05) is 6.61 Å². The maximum absolute atomic E-state index is 5.40. The van der Waals surface area contributed by atoms with Gasteiger partial charge in [0.1, 0.15) is 0 Å². The Morgan fingerprint density at radius 2 is 2.08 bits per heavy atom. The summed E-state index contributed by atoms with van der Waals surface area (Å²) in [5.41, 5.74) is 0. The molecule has 1 nitrogen and oxygen atoms in total. The lowest BCUT2D eigenvalue weighted by Gasteiger charge is -2.25. The molecule has 0 aromatic rings. The minimum atomic E-state index is 0.559. The summed E-state index contributed by atoms with van der Waals surface area (Å²) < 4.78 is 5.36. The summed E-state index contributed by atoms with van der Waals surface area (Å²) in [4.78, 5) is 0. The van der Waals surface area contributed by atoms with Crippen LogP contribution in [0.15, 0.2) is 0 Å². The maximum atomic E-state index is 5.40. The number of halogens is 1. The maximum Gasteiger partial charge on any atom is 0.0793 e. The van der Waals surface area contributed by atoms with Crippen molar-refractivity contribution in [3.63, 3.8) is 0 Å². The van der Waals surface area contributed by atoms with E-state index in [-0.39, 0.29) is 0 Å². The molecular formula is C10H16IOP. The molecule has 0 amide bonds. The fourth-order valence-electron chi connectivity index (χ4n) is 1.88. The highest BCUT2D eigenvalue weighted by Gasteiger charge is 2.18. The third-order valence-electron chi connectivity index (χ3n) is 2.77. The second kappa shape index (κ2) is 7.04. The topological polar surface area (TPSA) is 9.23 Å². The van der Waals surface area contributed by atoms with E-state index in [2.05, 4.69) is 28.0 Å². The van der Waals surface area contributed by atoms with Gasteiger partial charge in [0.05, 0.1) is 13.1 Å². The van der Waals surface area contributed by atoms with Gasteiger partial charge in [-0.15, -0.1) is 12.3 Å². The highest BCUT2D eigenvalue weighted by Crippen LogP contribution is 2.31. The molecule has 1 rings (SSSR count). The van der Waals surface area contributed by atoms with Crippen molar-refractivity contribution >= 4 is 28.5 Å². The van der Waals surface area contributed by atoms with Crippen LogP contribution in [0.2, 0.25) is 0 Å². The molecule has 1 atom stereocenters. The number of rotatable bonds is 4. The molecule has 0 aromatic heterocycles. The van der Waals surface area contributed by atoms with E-state index < -0.39 is 0 Å². The average molecular weight is 310 g/mol. The Hall–Kier alpha value is 0.680. The quantitative estimate of drug-likeness (QED) is 0.332. The smallest absolute Gasteiger partial charge is 0.0793 e. The Morgan fingerprint density at radius 1 is 1.38 bits per heavy atom. The zero-order chi connectivity index (χ0) is 9.52. The molecular weight excluding hydrogens is 294 g/mol. The molecule has 1 saturated carbocycles. The first-order valence-corrected chi connectivity index (χ1v) is 8.82. The molecule has 1 aliphatic carbocycles. The van der Waals surface area contributed by atoms with E-state index >= 15 is 0 Å². The van der Waals surface area contributed by atoms with Crippen LogP contribution >= 0.6 is 28.5 Å². The van der Waals surface area contributed by atoms with E-state index in [4.69, 9.17) is 10.9 Å².